The van der Waals surface area contributed by atoms with Crippen LogP contribution in [0.2, 0.25) is 0 Å². The fraction of sp³-hybridized carbons (Fsp3) is 0.833. The van der Waals surface area contributed by atoms with Crippen molar-refractivity contribution in [3.05, 3.63) is 5.82 Å². The highest BCUT2D eigenvalue weighted by Crippen LogP contribution is 2.36. The van der Waals surface area contributed by atoms with Crippen molar-refractivity contribution in [1.29, 1.82) is 0 Å². The topological polar surface area (TPSA) is 37.8 Å². The standard InChI is InChI=1S/C12H19N3S/c1-8-3-2-4-9(7-8)11-14-12(16-15-11)13-10-5-6-10/h8-10H,2-7H2,1H3,(H,13,14,15). The van der Waals surface area contributed by atoms with Crippen LogP contribution in [0.3, 0.4) is 0 Å². The van der Waals surface area contributed by atoms with Crippen LogP contribution in [0.4, 0.5) is 5.13 Å². The van der Waals surface area contributed by atoms with Gasteiger partial charge in [-0.2, -0.15) is 4.37 Å². The Morgan fingerprint density at radius 2 is 2.12 bits per heavy atom. The van der Waals surface area contributed by atoms with E-state index < -0.39 is 0 Å². The maximum absolute atomic E-state index is 4.64. The van der Waals surface area contributed by atoms with Crippen molar-refractivity contribution in [2.45, 2.75) is 57.4 Å². The van der Waals surface area contributed by atoms with Crippen molar-refractivity contribution >= 4 is 16.7 Å². The van der Waals surface area contributed by atoms with E-state index in [0.29, 0.717) is 12.0 Å². The van der Waals surface area contributed by atoms with Crippen LogP contribution in [0.15, 0.2) is 0 Å². The number of aromatic nitrogens is 2. The van der Waals surface area contributed by atoms with Crippen LogP contribution in [0.25, 0.3) is 0 Å². The van der Waals surface area contributed by atoms with Crippen LogP contribution in [-0.4, -0.2) is 15.4 Å². The summed E-state index contributed by atoms with van der Waals surface area (Å²) in [4.78, 5) is 4.64. The van der Waals surface area contributed by atoms with Crippen LogP contribution in [0.1, 0.15) is 57.2 Å². The van der Waals surface area contributed by atoms with E-state index in [0.717, 1.165) is 16.9 Å². The molecule has 2 aliphatic rings. The summed E-state index contributed by atoms with van der Waals surface area (Å²) in [5, 5.41) is 4.47. The highest BCUT2D eigenvalue weighted by molar-refractivity contribution is 7.09. The molecule has 3 nitrogen and oxygen atoms in total. The van der Waals surface area contributed by atoms with Gasteiger partial charge in [0.2, 0.25) is 5.13 Å². The molecule has 0 bridgehead atoms. The Labute approximate surface area is 101 Å². The second-order valence-corrected chi connectivity index (χ2v) is 6.10. The largest absolute Gasteiger partial charge is 0.358 e. The molecule has 1 N–H and O–H groups in total. The molecule has 0 aliphatic heterocycles. The highest BCUT2D eigenvalue weighted by Gasteiger charge is 2.26. The van der Waals surface area contributed by atoms with Crippen molar-refractivity contribution in [2.24, 2.45) is 5.92 Å². The molecule has 2 unspecified atom stereocenters. The van der Waals surface area contributed by atoms with Crippen LogP contribution in [0, 0.1) is 5.92 Å². The van der Waals surface area contributed by atoms with Gasteiger partial charge in [-0.05, 0) is 31.6 Å². The van der Waals surface area contributed by atoms with Crippen molar-refractivity contribution in [3.8, 4) is 0 Å². The Hall–Kier alpha value is -0.640. The molecule has 2 atom stereocenters. The first-order valence-corrected chi connectivity index (χ1v) is 7.19. The fourth-order valence-corrected chi connectivity index (χ4v) is 3.25. The number of rotatable bonds is 3. The minimum atomic E-state index is 0.620. The number of anilines is 1. The molecule has 1 aromatic heterocycles. The lowest BCUT2D eigenvalue weighted by molar-refractivity contribution is 0.337. The zero-order chi connectivity index (χ0) is 11.0. The van der Waals surface area contributed by atoms with Crippen molar-refractivity contribution in [2.75, 3.05) is 5.32 Å². The zero-order valence-electron chi connectivity index (χ0n) is 9.78. The summed E-state index contributed by atoms with van der Waals surface area (Å²) in [5.41, 5.74) is 0. The third kappa shape index (κ3) is 2.37. The van der Waals surface area contributed by atoms with Gasteiger partial charge in [-0.25, -0.2) is 4.98 Å². The molecule has 0 spiro atoms. The van der Waals surface area contributed by atoms with Gasteiger partial charge >= 0.3 is 0 Å². The first-order valence-electron chi connectivity index (χ1n) is 6.41. The molecule has 2 fully saturated rings. The van der Waals surface area contributed by atoms with Gasteiger partial charge in [0.1, 0.15) is 5.82 Å². The summed E-state index contributed by atoms with van der Waals surface area (Å²) in [6, 6.07) is 0.686. The predicted molar refractivity (Wildman–Crippen MR) is 66.9 cm³/mol. The predicted octanol–water partition coefficient (Wildman–Crippen LogP) is 3.41. The van der Waals surface area contributed by atoms with Gasteiger partial charge in [0.15, 0.2) is 0 Å². The van der Waals surface area contributed by atoms with Crippen LogP contribution in [-0.2, 0) is 0 Å². The SMILES string of the molecule is CC1CCCC(c2nsc(NC3CC3)n2)C1. The molecule has 1 heterocycles. The number of nitrogens with zero attached hydrogens (tertiary/aromatic N) is 2. The van der Waals surface area contributed by atoms with E-state index in [9.17, 15) is 0 Å². The number of hydrogen-bond donors (Lipinski definition) is 1. The Morgan fingerprint density at radius 1 is 1.25 bits per heavy atom. The average molecular weight is 237 g/mol. The summed E-state index contributed by atoms with van der Waals surface area (Å²) in [6.45, 7) is 2.35. The maximum atomic E-state index is 4.64. The highest BCUT2D eigenvalue weighted by atomic mass is 32.1. The van der Waals surface area contributed by atoms with Crippen molar-refractivity contribution in [3.63, 3.8) is 0 Å². The van der Waals surface area contributed by atoms with E-state index in [1.165, 1.54) is 38.5 Å². The van der Waals surface area contributed by atoms with E-state index in [4.69, 9.17) is 0 Å². The van der Waals surface area contributed by atoms with E-state index in [1.807, 2.05) is 0 Å². The van der Waals surface area contributed by atoms with Gasteiger partial charge in [0.25, 0.3) is 0 Å². The van der Waals surface area contributed by atoms with E-state index in [1.54, 1.807) is 11.5 Å². The van der Waals surface area contributed by atoms with E-state index in [-0.39, 0.29) is 0 Å². The molecule has 3 rings (SSSR count). The molecule has 0 aromatic carbocycles. The molecule has 2 saturated carbocycles. The monoisotopic (exact) mass is 237 g/mol. The van der Waals surface area contributed by atoms with Crippen molar-refractivity contribution < 1.29 is 0 Å². The Balaban J connectivity index is 1.65. The van der Waals surface area contributed by atoms with Gasteiger partial charge in [0.05, 0.1) is 0 Å². The fourth-order valence-electron chi connectivity index (χ4n) is 2.53. The average Bonchev–Trinajstić information content (AvgIpc) is 2.94. The zero-order valence-corrected chi connectivity index (χ0v) is 10.6. The molecule has 0 amide bonds. The first kappa shape index (κ1) is 10.5. The Bertz CT molecular complexity index is 359. The normalized spacial score (nSPS) is 30.3. The smallest absolute Gasteiger partial charge is 0.202 e. The third-order valence-electron chi connectivity index (χ3n) is 3.65. The lowest BCUT2D eigenvalue weighted by Crippen LogP contribution is -2.13. The van der Waals surface area contributed by atoms with Gasteiger partial charge in [0, 0.05) is 23.5 Å². The first-order chi connectivity index (χ1) is 7.81. The van der Waals surface area contributed by atoms with Gasteiger partial charge < -0.3 is 5.32 Å². The summed E-state index contributed by atoms with van der Waals surface area (Å²) >= 11 is 1.54. The van der Waals surface area contributed by atoms with E-state index >= 15 is 0 Å². The molecule has 1 aromatic rings. The minimum absolute atomic E-state index is 0.620. The lowest BCUT2D eigenvalue weighted by atomic mass is 9.82. The molecule has 4 heteroatoms. The van der Waals surface area contributed by atoms with Crippen LogP contribution >= 0.6 is 11.5 Å². The molecular weight excluding hydrogens is 218 g/mol. The Kier molecular flexibility index (Phi) is 2.84. The lowest BCUT2D eigenvalue weighted by Gasteiger charge is -2.24. The molecule has 0 radical (unpaired) electrons. The minimum Gasteiger partial charge on any atom is -0.358 e. The van der Waals surface area contributed by atoms with Gasteiger partial charge in [-0.1, -0.05) is 19.8 Å². The molecule has 88 valence electrons. The van der Waals surface area contributed by atoms with Gasteiger partial charge in [-0.15, -0.1) is 0 Å². The summed E-state index contributed by atoms with van der Waals surface area (Å²) in [6.07, 6.45) is 7.89. The molecule has 16 heavy (non-hydrogen) atoms. The van der Waals surface area contributed by atoms with Gasteiger partial charge in [-0.3, -0.25) is 0 Å². The third-order valence-corrected chi connectivity index (χ3v) is 4.31. The molecule has 2 aliphatic carbocycles. The second-order valence-electron chi connectivity index (χ2n) is 5.35. The van der Waals surface area contributed by atoms with E-state index in [2.05, 4.69) is 21.6 Å². The summed E-state index contributed by atoms with van der Waals surface area (Å²) in [5.74, 6) is 2.57. The van der Waals surface area contributed by atoms with Crippen molar-refractivity contribution in [1.82, 2.24) is 9.36 Å². The van der Waals surface area contributed by atoms with Crippen LogP contribution in [0.5, 0.6) is 0 Å². The Morgan fingerprint density at radius 3 is 2.88 bits per heavy atom. The van der Waals surface area contributed by atoms with Crippen LogP contribution < -0.4 is 5.32 Å². The quantitative estimate of drug-likeness (QED) is 0.875. The summed E-state index contributed by atoms with van der Waals surface area (Å²) < 4.78 is 4.52. The second kappa shape index (κ2) is 4.32. The number of hydrogen-bond acceptors (Lipinski definition) is 4. The molecular formula is C12H19N3S. The maximum Gasteiger partial charge on any atom is 0.202 e. The molecule has 0 saturated heterocycles. The number of nitrogens with one attached hydrogen (secondary N) is 1. The summed E-state index contributed by atoms with van der Waals surface area (Å²) in [7, 11) is 0.